The summed E-state index contributed by atoms with van der Waals surface area (Å²) in [5.74, 6) is -0.323. The van der Waals surface area contributed by atoms with Crippen molar-refractivity contribution >= 4 is 5.97 Å². The smallest absolute Gasteiger partial charge is 0.309 e. The van der Waals surface area contributed by atoms with Crippen molar-refractivity contribution < 1.29 is 9.53 Å². The molecule has 4 nitrogen and oxygen atoms in total. The minimum Gasteiger partial charge on any atom is -0.469 e. The molecule has 1 aromatic heterocycles. The van der Waals surface area contributed by atoms with Gasteiger partial charge in [-0.1, -0.05) is 13.0 Å². The van der Waals surface area contributed by atoms with E-state index in [-0.39, 0.29) is 17.9 Å². The van der Waals surface area contributed by atoms with E-state index in [1.165, 1.54) is 7.11 Å². The van der Waals surface area contributed by atoms with Crippen molar-refractivity contribution in [2.45, 2.75) is 33.4 Å². The minimum atomic E-state index is -0.174. The number of hydrogen-bond acceptors (Lipinski definition) is 4. The molecule has 0 aliphatic rings. The standard InChI is InChI=1S/C14H22N2O2/c1-10-7-6-8-13(15-10)9-16(4)12(3)11(2)14(17)18-5/h6-8,11-12H,9H2,1-5H3. The highest BCUT2D eigenvalue weighted by molar-refractivity contribution is 5.72. The van der Waals surface area contributed by atoms with Crippen LogP contribution in [0.1, 0.15) is 25.2 Å². The Labute approximate surface area is 109 Å². The maximum atomic E-state index is 11.5. The molecule has 1 heterocycles. The first-order valence-electron chi connectivity index (χ1n) is 6.16. The highest BCUT2D eigenvalue weighted by Gasteiger charge is 2.24. The minimum absolute atomic E-state index is 0.111. The molecule has 0 bridgehead atoms. The molecule has 100 valence electrons. The molecule has 1 aromatic rings. The lowest BCUT2D eigenvalue weighted by atomic mass is 10.0. The summed E-state index contributed by atoms with van der Waals surface area (Å²) in [5, 5.41) is 0. The van der Waals surface area contributed by atoms with E-state index in [0.717, 1.165) is 17.9 Å². The van der Waals surface area contributed by atoms with Crippen LogP contribution in [0.2, 0.25) is 0 Å². The van der Waals surface area contributed by atoms with Gasteiger partial charge in [-0.15, -0.1) is 0 Å². The lowest BCUT2D eigenvalue weighted by molar-refractivity contribution is -0.146. The third kappa shape index (κ3) is 3.81. The second-order valence-electron chi connectivity index (χ2n) is 4.74. The molecule has 0 aliphatic heterocycles. The van der Waals surface area contributed by atoms with Crippen LogP contribution in [0.15, 0.2) is 18.2 Å². The molecule has 2 unspecified atom stereocenters. The lowest BCUT2D eigenvalue weighted by Crippen LogP contribution is -2.38. The number of aryl methyl sites for hydroxylation is 1. The third-order valence-corrected chi connectivity index (χ3v) is 3.35. The normalized spacial score (nSPS) is 14.3. The van der Waals surface area contributed by atoms with Crippen molar-refractivity contribution in [1.29, 1.82) is 0 Å². The molecule has 0 saturated carbocycles. The molecule has 0 radical (unpaired) electrons. The van der Waals surface area contributed by atoms with E-state index in [4.69, 9.17) is 4.74 Å². The Morgan fingerprint density at radius 2 is 2.11 bits per heavy atom. The molecule has 2 atom stereocenters. The summed E-state index contributed by atoms with van der Waals surface area (Å²) in [6, 6.07) is 6.09. The molecule has 18 heavy (non-hydrogen) atoms. The monoisotopic (exact) mass is 250 g/mol. The first-order chi connectivity index (χ1) is 8.45. The van der Waals surface area contributed by atoms with E-state index in [1.807, 2.05) is 46.0 Å². The van der Waals surface area contributed by atoms with Crippen LogP contribution >= 0.6 is 0 Å². The highest BCUT2D eigenvalue weighted by atomic mass is 16.5. The number of methoxy groups -OCH3 is 1. The van der Waals surface area contributed by atoms with Crippen LogP contribution in [0.25, 0.3) is 0 Å². The molecule has 0 N–H and O–H groups in total. The van der Waals surface area contributed by atoms with Gasteiger partial charge in [-0.3, -0.25) is 14.7 Å². The number of carbonyl (C=O) groups is 1. The fourth-order valence-electron chi connectivity index (χ4n) is 1.85. The van der Waals surface area contributed by atoms with Gasteiger partial charge in [-0.05, 0) is 33.0 Å². The Hall–Kier alpha value is -1.42. The van der Waals surface area contributed by atoms with Gasteiger partial charge in [0.1, 0.15) is 0 Å². The maximum absolute atomic E-state index is 11.5. The molecular formula is C14H22N2O2. The number of hydrogen-bond donors (Lipinski definition) is 0. The topological polar surface area (TPSA) is 42.4 Å². The Morgan fingerprint density at radius 1 is 1.44 bits per heavy atom. The van der Waals surface area contributed by atoms with Crippen molar-refractivity contribution in [2.24, 2.45) is 5.92 Å². The molecular weight excluding hydrogens is 228 g/mol. The predicted octanol–water partition coefficient (Wildman–Crippen LogP) is 2.02. The van der Waals surface area contributed by atoms with E-state index in [9.17, 15) is 4.79 Å². The summed E-state index contributed by atoms with van der Waals surface area (Å²) in [6.07, 6.45) is 0. The van der Waals surface area contributed by atoms with E-state index < -0.39 is 0 Å². The summed E-state index contributed by atoms with van der Waals surface area (Å²) in [4.78, 5) is 18.1. The van der Waals surface area contributed by atoms with Gasteiger partial charge in [-0.2, -0.15) is 0 Å². The fourth-order valence-corrected chi connectivity index (χ4v) is 1.85. The molecule has 0 amide bonds. The number of carbonyl (C=O) groups excluding carboxylic acids is 1. The van der Waals surface area contributed by atoms with Crippen molar-refractivity contribution in [3.63, 3.8) is 0 Å². The Bertz CT molecular complexity index is 407. The second kappa shape index (κ2) is 6.50. The zero-order valence-electron chi connectivity index (χ0n) is 11.8. The summed E-state index contributed by atoms with van der Waals surface area (Å²) in [7, 11) is 3.42. The van der Waals surface area contributed by atoms with Gasteiger partial charge in [0.05, 0.1) is 18.7 Å². The largest absolute Gasteiger partial charge is 0.469 e. The predicted molar refractivity (Wildman–Crippen MR) is 71.1 cm³/mol. The average molecular weight is 250 g/mol. The summed E-state index contributed by atoms with van der Waals surface area (Å²) >= 11 is 0. The van der Waals surface area contributed by atoms with Gasteiger partial charge in [0.15, 0.2) is 0 Å². The van der Waals surface area contributed by atoms with Gasteiger partial charge in [0.25, 0.3) is 0 Å². The Morgan fingerprint density at radius 3 is 2.67 bits per heavy atom. The van der Waals surface area contributed by atoms with Gasteiger partial charge < -0.3 is 4.74 Å². The SMILES string of the molecule is COC(=O)C(C)C(C)N(C)Cc1cccc(C)n1. The lowest BCUT2D eigenvalue weighted by Gasteiger charge is -2.28. The quantitative estimate of drug-likeness (QED) is 0.750. The first kappa shape index (κ1) is 14.6. The Kier molecular flexibility index (Phi) is 5.28. The van der Waals surface area contributed by atoms with E-state index in [2.05, 4.69) is 9.88 Å². The second-order valence-corrected chi connectivity index (χ2v) is 4.74. The van der Waals surface area contributed by atoms with Crippen LogP contribution in [-0.2, 0) is 16.1 Å². The number of nitrogens with zero attached hydrogens (tertiary/aromatic N) is 2. The number of ether oxygens (including phenoxy) is 1. The van der Waals surface area contributed by atoms with Crippen LogP contribution in [0.5, 0.6) is 0 Å². The van der Waals surface area contributed by atoms with Gasteiger partial charge in [0.2, 0.25) is 0 Å². The molecule has 0 saturated heterocycles. The molecule has 0 aromatic carbocycles. The van der Waals surface area contributed by atoms with E-state index >= 15 is 0 Å². The molecule has 0 fully saturated rings. The van der Waals surface area contributed by atoms with Crippen molar-refractivity contribution in [3.05, 3.63) is 29.6 Å². The van der Waals surface area contributed by atoms with Gasteiger partial charge in [0, 0.05) is 18.3 Å². The zero-order chi connectivity index (χ0) is 13.7. The van der Waals surface area contributed by atoms with Crippen LogP contribution in [0.4, 0.5) is 0 Å². The van der Waals surface area contributed by atoms with Crippen LogP contribution in [0, 0.1) is 12.8 Å². The number of pyridine rings is 1. The van der Waals surface area contributed by atoms with E-state index in [0.29, 0.717) is 0 Å². The maximum Gasteiger partial charge on any atom is 0.309 e. The van der Waals surface area contributed by atoms with Crippen LogP contribution < -0.4 is 0 Å². The Balaban J connectivity index is 2.65. The van der Waals surface area contributed by atoms with Crippen LogP contribution in [-0.4, -0.2) is 36.1 Å². The highest BCUT2D eigenvalue weighted by Crippen LogP contribution is 2.13. The fraction of sp³-hybridized carbons (Fsp3) is 0.571. The summed E-state index contributed by atoms with van der Waals surface area (Å²) in [6.45, 7) is 6.61. The molecule has 0 aliphatic carbocycles. The summed E-state index contributed by atoms with van der Waals surface area (Å²) < 4.78 is 4.77. The molecule has 1 rings (SSSR count). The first-order valence-corrected chi connectivity index (χ1v) is 6.16. The number of rotatable bonds is 5. The van der Waals surface area contributed by atoms with Crippen molar-refractivity contribution in [3.8, 4) is 0 Å². The van der Waals surface area contributed by atoms with E-state index in [1.54, 1.807) is 0 Å². The number of esters is 1. The number of aromatic nitrogens is 1. The zero-order valence-corrected chi connectivity index (χ0v) is 11.8. The average Bonchev–Trinajstić information content (AvgIpc) is 2.36. The molecule has 4 heteroatoms. The van der Waals surface area contributed by atoms with Crippen molar-refractivity contribution in [1.82, 2.24) is 9.88 Å². The molecule has 0 spiro atoms. The third-order valence-electron chi connectivity index (χ3n) is 3.35. The summed E-state index contributed by atoms with van der Waals surface area (Å²) in [5.41, 5.74) is 2.02. The van der Waals surface area contributed by atoms with Gasteiger partial charge >= 0.3 is 5.97 Å². The van der Waals surface area contributed by atoms with Crippen molar-refractivity contribution in [2.75, 3.05) is 14.2 Å². The van der Waals surface area contributed by atoms with Gasteiger partial charge in [-0.25, -0.2) is 0 Å². The van der Waals surface area contributed by atoms with Crippen LogP contribution in [0.3, 0.4) is 0 Å².